The van der Waals surface area contributed by atoms with Gasteiger partial charge in [0.15, 0.2) is 0 Å². The molecule has 1 fully saturated rings. The predicted octanol–water partition coefficient (Wildman–Crippen LogP) is 2.04. The minimum absolute atomic E-state index is 0.0390. The van der Waals surface area contributed by atoms with Crippen molar-refractivity contribution in [3.05, 3.63) is 60.2 Å². The molecule has 0 aliphatic carbocycles. The fourth-order valence-corrected chi connectivity index (χ4v) is 3.82. The van der Waals surface area contributed by atoms with Gasteiger partial charge < -0.3 is 15.4 Å². The van der Waals surface area contributed by atoms with Crippen molar-refractivity contribution < 1.29 is 19.1 Å². The van der Waals surface area contributed by atoms with E-state index in [4.69, 9.17) is 4.74 Å². The van der Waals surface area contributed by atoms with Gasteiger partial charge in [0.25, 0.3) is 0 Å². The molecule has 2 aromatic carbocycles. The Bertz CT molecular complexity index is 944. The summed E-state index contributed by atoms with van der Waals surface area (Å²) in [5.41, 5.74) is 2.11. The predicted molar refractivity (Wildman–Crippen MR) is 117 cm³/mol. The lowest BCUT2D eigenvalue weighted by molar-refractivity contribution is -0.123. The molecule has 4 rings (SSSR count). The molecule has 8 nitrogen and oxygen atoms in total. The highest BCUT2D eigenvalue weighted by atomic mass is 16.5. The molecule has 0 aromatic heterocycles. The average Bonchev–Trinajstić information content (AvgIpc) is 3.32. The third-order valence-corrected chi connectivity index (χ3v) is 5.44. The van der Waals surface area contributed by atoms with Crippen LogP contribution < -0.4 is 20.4 Å². The molecule has 2 N–H and O–H groups in total. The van der Waals surface area contributed by atoms with Gasteiger partial charge in [-0.3, -0.25) is 19.4 Å². The Hall–Kier alpha value is -3.39. The van der Waals surface area contributed by atoms with Gasteiger partial charge in [-0.15, -0.1) is 0 Å². The Kier molecular flexibility index (Phi) is 6.47. The monoisotopic (exact) mass is 422 g/mol. The first-order chi connectivity index (χ1) is 15.1. The third-order valence-electron chi connectivity index (χ3n) is 5.44. The normalized spacial score (nSPS) is 17.9. The van der Waals surface area contributed by atoms with Crippen molar-refractivity contribution in [3.63, 3.8) is 0 Å². The van der Waals surface area contributed by atoms with Crippen molar-refractivity contribution in [2.24, 2.45) is 0 Å². The zero-order valence-electron chi connectivity index (χ0n) is 17.3. The summed E-state index contributed by atoms with van der Waals surface area (Å²) >= 11 is 0. The van der Waals surface area contributed by atoms with Crippen LogP contribution in [0.5, 0.6) is 0 Å². The second kappa shape index (κ2) is 9.61. The second-order valence-corrected chi connectivity index (χ2v) is 7.64. The number of ether oxygens (including phenoxy) is 1. The molecule has 1 unspecified atom stereocenters. The molecule has 0 saturated carbocycles. The van der Waals surface area contributed by atoms with E-state index in [0.717, 1.165) is 25.0 Å². The van der Waals surface area contributed by atoms with E-state index in [1.165, 1.54) is 9.80 Å². The summed E-state index contributed by atoms with van der Waals surface area (Å²) in [5, 5.41) is 5.71. The molecule has 2 aromatic rings. The van der Waals surface area contributed by atoms with Crippen LogP contribution in [0.15, 0.2) is 54.6 Å². The highest BCUT2D eigenvalue weighted by Crippen LogP contribution is 2.33. The van der Waals surface area contributed by atoms with Crippen molar-refractivity contribution in [2.75, 3.05) is 36.0 Å². The molecule has 0 bridgehead atoms. The maximum Gasteiger partial charge on any atom is 0.322 e. The quantitative estimate of drug-likeness (QED) is 0.746. The number of rotatable bonds is 6. The maximum atomic E-state index is 12.8. The van der Waals surface area contributed by atoms with Crippen LogP contribution in [-0.2, 0) is 20.9 Å². The van der Waals surface area contributed by atoms with E-state index in [0.29, 0.717) is 24.5 Å². The van der Waals surface area contributed by atoms with Gasteiger partial charge in [-0.05, 0) is 30.5 Å². The van der Waals surface area contributed by atoms with E-state index in [2.05, 4.69) is 10.6 Å². The van der Waals surface area contributed by atoms with Crippen molar-refractivity contribution in [2.45, 2.75) is 25.5 Å². The van der Waals surface area contributed by atoms with E-state index in [-0.39, 0.29) is 37.0 Å². The minimum Gasteiger partial charge on any atom is -0.376 e. The van der Waals surface area contributed by atoms with Crippen LogP contribution in [0.3, 0.4) is 0 Å². The summed E-state index contributed by atoms with van der Waals surface area (Å²) in [4.78, 5) is 40.9. The SMILES string of the molecule is O=C(CN1C(=O)CN(C(=O)NCc2ccccc2)c2ccccc21)NCC1CCCO1. The van der Waals surface area contributed by atoms with Crippen LogP contribution in [0, 0.1) is 0 Å². The number of hydrogen-bond donors (Lipinski definition) is 2. The molecule has 8 heteroatoms. The molecule has 2 heterocycles. The Labute approximate surface area is 181 Å². The Morgan fingerprint density at radius 2 is 1.74 bits per heavy atom. The zero-order chi connectivity index (χ0) is 21.6. The topological polar surface area (TPSA) is 91.0 Å². The number of nitrogens with zero attached hydrogens (tertiary/aromatic N) is 2. The molecule has 4 amide bonds. The van der Waals surface area contributed by atoms with E-state index in [9.17, 15) is 14.4 Å². The number of fused-ring (bicyclic) bond motifs is 1. The van der Waals surface area contributed by atoms with Gasteiger partial charge in [-0.2, -0.15) is 0 Å². The van der Waals surface area contributed by atoms with Crippen LogP contribution in [0.25, 0.3) is 0 Å². The Morgan fingerprint density at radius 3 is 2.48 bits per heavy atom. The molecular formula is C23H26N4O4. The molecule has 0 spiro atoms. The molecule has 2 aliphatic heterocycles. The first-order valence-corrected chi connectivity index (χ1v) is 10.5. The van der Waals surface area contributed by atoms with E-state index in [1.54, 1.807) is 18.2 Å². The fourth-order valence-electron chi connectivity index (χ4n) is 3.82. The summed E-state index contributed by atoms with van der Waals surface area (Å²) in [7, 11) is 0. The first kappa shape index (κ1) is 20.9. The summed E-state index contributed by atoms with van der Waals surface area (Å²) in [6.45, 7) is 1.30. The van der Waals surface area contributed by atoms with Crippen molar-refractivity contribution in [1.82, 2.24) is 10.6 Å². The second-order valence-electron chi connectivity index (χ2n) is 7.64. The number of urea groups is 1. The lowest BCUT2D eigenvalue weighted by atomic mass is 10.1. The van der Waals surface area contributed by atoms with Crippen molar-refractivity contribution in [3.8, 4) is 0 Å². The summed E-state index contributed by atoms with van der Waals surface area (Å²) < 4.78 is 5.52. The molecule has 2 aliphatic rings. The van der Waals surface area contributed by atoms with Gasteiger partial charge in [0, 0.05) is 19.7 Å². The molecular weight excluding hydrogens is 396 g/mol. The lowest BCUT2D eigenvalue weighted by Crippen LogP contribution is -2.53. The van der Waals surface area contributed by atoms with E-state index < -0.39 is 0 Å². The largest absolute Gasteiger partial charge is 0.376 e. The highest BCUT2D eigenvalue weighted by Gasteiger charge is 2.33. The van der Waals surface area contributed by atoms with E-state index in [1.807, 2.05) is 36.4 Å². The highest BCUT2D eigenvalue weighted by molar-refractivity contribution is 6.12. The smallest absolute Gasteiger partial charge is 0.322 e. The van der Waals surface area contributed by atoms with Crippen molar-refractivity contribution in [1.29, 1.82) is 0 Å². The summed E-state index contributed by atoms with van der Waals surface area (Å²) in [6, 6.07) is 16.3. The number of benzene rings is 2. The van der Waals surface area contributed by atoms with E-state index >= 15 is 0 Å². The van der Waals surface area contributed by atoms with Gasteiger partial charge in [0.05, 0.1) is 17.5 Å². The van der Waals surface area contributed by atoms with Gasteiger partial charge in [-0.25, -0.2) is 4.79 Å². The molecule has 1 atom stereocenters. The first-order valence-electron chi connectivity index (χ1n) is 10.5. The molecule has 162 valence electrons. The van der Waals surface area contributed by atoms with Crippen LogP contribution in [-0.4, -0.2) is 50.2 Å². The number of amides is 4. The minimum atomic E-state index is -0.355. The number of carbonyl (C=O) groups is 3. The van der Waals surface area contributed by atoms with Crippen LogP contribution >= 0.6 is 0 Å². The lowest BCUT2D eigenvalue weighted by Gasteiger charge is -2.35. The third kappa shape index (κ3) is 5.03. The van der Waals surface area contributed by atoms with Gasteiger partial charge >= 0.3 is 6.03 Å². The van der Waals surface area contributed by atoms with Gasteiger partial charge in [0.1, 0.15) is 13.1 Å². The van der Waals surface area contributed by atoms with Crippen LogP contribution in [0.1, 0.15) is 18.4 Å². The number of nitrogens with one attached hydrogen (secondary N) is 2. The average molecular weight is 422 g/mol. The van der Waals surface area contributed by atoms with Gasteiger partial charge in [-0.1, -0.05) is 42.5 Å². The zero-order valence-corrected chi connectivity index (χ0v) is 17.3. The summed E-state index contributed by atoms with van der Waals surface area (Å²) in [6.07, 6.45) is 1.97. The molecule has 1 saturated heterocycles. The molecule has 0 radical (unpaired) electrons. The molecule has 31 heavy (non-hydrogen) atoms. The van der Waals surface area contributed by atoms with Gasteiger partial charge in [0.2, 0.25) is 11.8 Å². The number of anilines is 2. The number of para-hydroxylation sites is 2. The number of hydrogen-bond acceptors (Lipinski definition) is 4. The Balaban J connectivity index is 1.42. The summed E-state index contributed by atoms with van der Waals surface area (Å²) in [5.74, 6) is -0.554. The van der Waals surface area contributed by atoms with Crippen LogP contribution in [0.2, 0.25) is 0 Å². The fraction of sp³-hybridized carbons (Fsp3) is 0.348. The van der Waals surface area contributed by atoms with Crippen molar-refractivity contribution >= 4 is 29.2 Å². The standard InChI is InChI=1S/C23H26N4O4/c28-21(24-14-18-9-6-12-31-18)15-26-19-10-4-5-11-20(19)27(16-22(26)29)23(30)25-13-17-7-2-1-3-8-17/h1-5,7-8,10-11,18H,6,9,12-16H2,(H,24,28)(H,25,30). The number of carbonyl (C=O) groups excluding carboxylic acids is 3. The maximum absolute atomic E-state index is 12.8. The van der Waals surface area contributed by atoms with Crippen LogP contribution in [0.4, 0.5) is 16.2 Å². The Morgan fingerprint density at radius 1 is 1.00 bits per heavy atom.